The monoisotopic (exact) mass is 230 g/mol. The minimum atomic E-state index is -0.507. The van der Waals surface area contributed by atoms with Gasteiger partial charge in [-0.15, -0.1) is 0 Å². The van der Waals surface area contributed by atoms with Gasteiger partial charge in [-0.1, -0.05) is 13.8 Å². The average Bonchev–Trinajstić information content (AvgIpc) is 2.17. The van der Waals surface area contributed by atoms with Crippen LogP contribution in [0, 0.1) is 5.92 Å². The summed E-state index contributed by atoms with van der Waals surface area (Å²) in [6.45, 7) is 8.21. The molecule has 1 atom stereocenters. The van der Waals surface area contributed by atoms with Crippen LogP contribution >= 0.6 is 0 Å². The van der Waals surface area contributed by atoms with E-state index in [0.717, 1.165) is 0 Å². The molecule has 0 saturated heterocycles. The van der Waals surface area contributed by atoms with Crippen LogP contribution in [0.5, 0.6) is 0 Å². The van der Waals surface area contributed by atoms with Gasteiger partial charge in [0.2, 0.25) is 0 Å². The quantitative estimate of drug-likeness (QED) is 0.412. The van der Waals surface area contributed by atoms with Crippen molar-refractivity contribution in [2.45, 2.75) is 40.2 Å². The number of aliphatic hydroxyl groups excluding tert-OH is 1. The van der Waals surface area contributed by atoms with Crippen molar-refractivity contribution in [3.05, 3.63) is 11.8 Å². The van der Waals surface area contributed by atoms with E-state index >= 15 is 0 Å². The predicted molar refractivity (Wildman–Crippen MR) is 61.8 cm³/mol. The smallest absolute Gasteiger partial charge is 0.334 e. The Hall–Kier alpha value is -1.03. The number of ether oxygens (including phenoxy) is 2. The Labute approximate surface area is 97.2 Å². The highest BCUT2D eigenvalue weighted by atomic mass is 16.5. The third-order valence-corrected chi connectivity index (χ3v) is 2.08. The summed E-state index contributed by atoms with van der Waals surface area (Å²) < 4.78 is 10.1. The molecule has 0 spiro atoms. The van der Waals surface area contributed by atoms with Crippen LogP contribution in [0.25, 0.3) is 0 Å². The lowest BCUT2D eigenvalue weighted by Crippen LogP contribution is -2.17. The van der Waals surface area contributed by atoms with Gasteiger partial charge in [-0.05, 0) is 19.8 Å². The Morgan fingerprint density at radius 2 is 1.81 bits per heavy atom. The molecule has 0 heterocycles. The zero-order valence-electron chi connectivity index (χ0n) is 10.5. The largest absolute Gasteiger partial charge is 0.498 e. The normalized spacial score (nSPS) is 13.8. The number of hydrogen-bond donors (Lipinski definition) is 1. The van der Waals surface area contributed by atoms with Crippen LogP contribution in [0.3, 0.4) is 0 Å². The number of esters is 1. The van der Waals surface area contributed by atoms with Crippen molar-refractivity contribution < 1.29 is 19.4 Å². The summed E-state index contributed by atoms with van der Waals surface area (Å²) in [5.74, 6) is 0.176. The van der Waals surface area contributed by atoms with Gasteiger partial charge in [-0.3, -0.25) is 0 Å². The van der Waals surface area contributed by atoms with Crippen LogP contribution in [0.15, 0.2) is 11.8 Å². The van der Waals surface area contributed by atoms with Crippen molar-refractivity contribution in [3.8, 4) is 0 Å². The van der Waals surface area contributed by atoms with Crippen molar-refractivity contribution >= 4 is 5.97 Å². The van der Waals surface area contributed by atoms with E-state index in [2.05, 4.69) is 0 Å². The van der Waals surface area contributed by atoms with Gasteiger partial charge in [0, 0.05) is 6.42 Å². The molecule has 0 amide bonds. The van der Waals surface area contributed by atoms with Gasteiger partial charge in [0.25, 0.3) is 0 Å². The molecule has 16 heavy (non-hydrogen) atoms. The minimum absolute atomic E-state index is 0.131. The Kier molecular flexibility index (Phi) is 7.64. The van der Waals surface area contributed by atoms with E-state index in [-0.39, 0.29) is 5.92 Å². The zero-order chi connectivity index (χ0) is 12.6. The maximum atomic E-state index is 11.2. The van der Waals surface area contributed by atoms with E-state index in [9.17, 15) is 9.90 Å². The molecule has 0 aliphatic carbocycles. The Morgan fingerprint density at radius 3 is 2.25 bits per heavy atom. The van der Waals surface area contributed by atoms with E-state index in [1.807, 2.05) is 20.8 Å². The molecule has 0 saturated carbocycles. The van der Waals surface area contributed by atoms with Crippen LogP contribution < -0.4 is 0 Å². The summed E-state index contributed by atoms with van der Waals surface area (Å²) >= 11 is 0. The lowest BCUT2D eigenvalue weighted by Gasteiger charge is -2.16. The summed E-state index contributed by atoms with van der Waals surface area (Å²) in [5, 5.41) is 9.69. The van der Waals surface area contributed by atoms with Gasteiger partial charge in [0.05, 0.1) is 25.4 Å². The SMILES string of the molecule is CCOC(=O)/C=C(/C[C@@H](O)C(C)C)OCC. The summed E-state index contributed by atoms with van der Waals surface area (Å²) in [5.41, 5.74) is 0. The van der Waals surface area contributed by atoms with Crippen LogP contribution in [0.2, 0.25) is 0 Å². The highest BCUT2D eigenvalue weighted by molar-refractivity contribution is 5.82. The molecule has 0 unspecified atom stereocenters. The molecular formula is C12H22O4. The molecule has 0 bridgehead atoms. The van der Waals surface area contributed by atoms with Crippen LogP contribution in [0.1, 0.15) is 34.1 Å². The van der Waals surface area contributed by atoms with Crippen LogP contribution in [0.4, 0.5) is 0 Å². The molecule has 0 radical (unpaired) electrons. The van der Waals surface area contributed by atoms with Crippen molar-refractivity contribution in [2.75, 3.05) is 13.2 Å². The van der Waals surface area contributed by atoms with Crippen molar-refractivity contribution in [2.24, 2.45) is 5.92 Å². The highest BCUT2D eigenvalue weighted by Crippen LogP contribution is 2.14. The molecule has 4 heteroatoms. The zero-order valence-corrected chi connectivity index (χ0v) is 10.5. The number of carbonyl (C=O) groups is 1. The second-order valence-corrected chi connectivity index (χ2v) is 3.81. The third-order valence-electron chi connectivity index (χ3n) is 2.08. The maximum absolute atomic E-state index is 11.2. The molecular weight excluding hydrogens is 208 g/mol. The Bertz CT molecular complexity index is 233. The molecule has 0 aromatic heterocycles. The number of hydrogen-bond acceptors (Lipinski definition) is 4. The minimum Gasteiger partial charge on any atom is -0.498 e. The Morgan fingerprint density at radius 1 is 1.25 bits per heavy atom. The van der Waals surface area contributed by atoms with Gasteiger partial charge < -0.3 is 14.6 Å². The van der Waals surface area contributed by atoms with Gasteiger partial charge in [0.1, 0.15) is 5.76 Å². The highest BCUT2D eigenvalue weighted by Gasteiger charge is 2.14. The van der Waals surface area contributed by atoms with E-state index in [4.69, 9.17) is 9.47 Å². The van der Waals surface area contributed by atoms with Gasteiger partial charge in [0.15, 0.2) is 0 Å². The van der Waals surface area contributed by atoms with Gasteiger partial charge >= 0.3 is 5.97 Å². The topological polar surface area (TPSA) is 55.8 Å². The molecule has 1 N–H and O–H groups in total. The first kappa shape index (κ1) is 15.0. The van der Waals surface area contributed by atoms with Crippen LogP contribution in [-0.4, -0.2) is 30.4 Å². The second kappa shape index (κ2) is 8.16. The first-order chi connectivity index (χ1) is 7.51. The van der Waals surface area contributed by atoms with Crippen LogP contribution in [-0.2, 0) is 14.3 Å². The summed E-state index contributed by atoms with van der Waals surface area (Å²) in [7, 11) is 0. The molecule has 0 aromatic carbocycles. The summed E-state index contributed by atoms with van der Waals surface area (Å²) in [6, 6.07) is 0. The molecule has 94 valence electrons. The first-order valence-electron chi connectivity index (χ1n) is 5.69. The molecule has 0 aromatic rings. The summed E-state index contributed by atoms with van der Waals surface area (Å²) in [4.78, 5) is 11.2. The lowest BCUT2D eigenvalue weighted by molar-refractivity contribution is -0.137. The van der Waals surface area contributed by atoms with Crippen molar-refractivity contribution in [1.82, 2.24) is 0 Å². The van der Waals surface area contributed by atoms with E-state index < -0.39 is 12.1 Å². The van der Waals surface area contributed by atoms with Crippen molar-refractivity contribution in [3.63, 3.8) is 0 Å². The number of aliphatic hydroxyl groups is 1. The second-order valence-electron chi connectivity index (χ2n) is 3.81. The third kappa shape index (κ3) is 6.45. The predicted octanol–water partition coefficient (Wildman–Crippen LogP) is 1.88. The number of carbonyl (C=O) groups excluding carboxylic acids is 1. The average molecular weight is 230 g/mol. The molecule has 0 rings (SSSR count). The fourth-order valence-electron chi connectivity index (χ4n) is 1.10. The van der Waals surface area contributed by atoms with E-state index in [1.54, 1.807) is 6.92 Å². The molecule has 0 aliphatic heterocycles. The fraction of sp³-hybridized carbons (Fsp3) is 0.750. The standard InChI is InChI=1S/C12H22O4/c1-5-15-10(7-11(13)9(3)4)8-12(14)16-6-2/h8-9,11,13H,5-7H2,1-4H3/b10-8-/t11-/m1/s1. The maximum Gasteiger partial charge on any atom is 0.334 e. The Balaban J connectivity index is 4.41. The van der Waals surface area contributed by atoms with Gasteiger partial charge in [-0.25, -0.2) is 4.79 Å². The first-order valence-corrected chi connectivity index (χ1v) is 5.69. The van der Waals surface area contributed by atoms with E-state index in [0.29, 0.717) is 25.4 Å². The number of rotatable bonds is 7. The van der Waals surface area contributed by atoms with E-state index in [1.165, 1.54) is 6.08 Å². The summed E-state index contributed by atoms with van der Waals surface area (Å²) in [6.07, 6.45) is 1.13. The van der Waals surface area contributed by atoms with Gasteiger partial charge in [-0.2, -0.15) is 0 Å². The molecule has 4 nitrogen and oxygen atoms in total. The lowest BCUT2D eigenvalue weighted by atomic mass is 10.0. The fourth-order valence-corrected chi connectivity index (χ4v) is 1.10. The molecule has 0 fully saturated rings. The van der Waals surface area contributed by atoms with Crippen molar-refractivity contribution in [1.29, 1.82) is 0 Å². The molecule has 0 aliphatic rings.